The first-order valence-corrected chi connectivity index (χ1v) is 9.61. The molecule has 0 radical (unpaired) electrons. The number of nitrogens with zero attached hydrogens (tertiary/aromatic N) is 5. The van der Waals surface area contributed by atoms with Gasteiger partial charge in [-0.2, -0.15) is 5.10 Å². The molecule has 0 bridgehead atoms. The van der Waals surface area contributed by atoms with E-state index in [2.05, 4.69) is 28.8 Å². The molecule has 1 aliphatic rings. The molecule has 0 atom stereocenters. The smallest absolute Gasteiger partial charge is 0.259 e. The van der Waals surface area contributed by atoms with E-state index in [1.165, 1.54) is 0 Å². The predicted molar refractivity (Wildman–Crippen MR) is 99.9 cm³/mol. The van der Waals surface area contributed by atoms with Crippen LogP contribution in [0.25, 0.3) is 5.65 Å². The van der Waals surface area contributed by atoms with Crippen molar-refractivity contribution in [1.82, 2.24) is 24.4 Å². The number of rotatable bonds is 7. The SMILES string of the molecule is CCN(CC)Cc1cnc2c(C(=O)N3CCC(CCO)CC3)cnn2c1. The number of fused-ring (bicyclic) bond motifs is 1. The lowest BCUT2D eigenvalue weighted by Crippen LogP contribution is -2.38. The van der Waals surface area contributed by atoms with E-state index in [4.69, 9.17) is 5.11 Å². The number of aliphatic hydroxyl groups is 1. The number of aliphatic hydroxyl groups excluding tert-OH is 1. The molecule has 1 saturated heterocycles. The third-order valence-corrected chi connectivity index (χ3v) is 5.38. The first kappa shape index (κ1) is 18.8. The lowest BCUT2D eigenvalue weighted by Gasteiger charge is -2.31. The molecule has 7 heteroatoms. The van der Waals surface area contributed by atoms with Crippen molar-refractivity contribution in [3.05, 3.63) is 29.7 Å². The van der Waals surface area contributed by atoms with Crippen LogP contribution < -0.4 is 0 Å². The van der Waals surface area contributed by atoms with Crippen molar-refractivity contribution in [1.29, 1.82) is 0 Å². The molecular weight excluding hydrogens is 330 g/mol. The molecule has 142 valence electrons. The Morgan fingerprint density at radius 1 is 1.27 bits per heavy atom. The van der Waals surface area contributed by atoms with Gasteiger partial charge in [0.1, 0.15) is 5.56 Å². The van der Waals surface area contributed by atoms with Gasteiger partial charge in [0, 0.05) is 44.2 Å². The van der Waals surface area contributed by atoms with Gasteiger partial charge in [0.2, 0.25) is 0 Å². The first-order chi connectivity index (χ1) is 12.7. The van der Waals surface area contributed by atoms with Gasteiger partial charge < -0.3 is 10.0 Å². The van der Waals surface area contributed by atoms with Crippen molar-refractivity contribution in [2.75, 3.05) is 32.8 Å². The molecule has 7 nitrogen and oxygen atoms in total. The van der Waals surface area contributed by atoms with Crippen LogP contribution in [0, 0.1) is 5.92 Å². The number of likely N-dealkylation sites (tertiary alicyclic amines) is 1. The zero-order chi connectivity index (χ0) is 18.5. The van der Waals surface area contributed by atoms with E-state index < -0.39 is 0 Å². The lowest BCUT2D eigenvalue weighted by atomic mass is 9.94. The Balaban J connectivity index is 1.71. The van der Waals surface area contributed by atoms with Crippen LogP contribution in [0.5, 0.6) is 0 Å². The van der Waals surface area contributed by atoms with Crippen molar-refractivity contribution >= 4 is 11.6 Å². The molecule has 0 aliphatic carbocycles. The van der Waals surface area contributed by atoms with Crippen molar-refractivity contribution in [2.24, 2.45) is 5.92 Å². The molecule has 3 heterocycles. The second kappa shape index (κ2) is 8.60. The van der Waals surface area contributed by atoms with Crippen LogP contribution in [0.3, 0.4) is 0 Å². The van der Waals surface area contributed by atoms with E-state index in [0.29, 0.717) is 17.1 Å². The average Bonchev–Trinajstić information content (AvgIpc) is 3.09. The highest BCUT2D eigenvalue weighted by Crippen LogP contribution is 2.22. The van der Waals surface area contributed by atoms with Crippen LogP contribution in [0.15, 0.2) is 18.6 Å². The molecule has 0 aromatic carbocycles. The zero-order valence-electron chi connectivity index (χ0n) is 15.8. The summed E-state index contributed by atoms with van der Waals surface area (Å²) in [6.45, 7) is 8.80. The van der Waals surface area contributed by atoms with Gasteiger partial charge >= 0.3 is 0 Å². The summed E-state index contributed by atoms with van der Waals surface area (Å²) >= 11 is 0. The molecule has 1 fully saturated rings. The van der Waals surface area contributed by atoms with Crippen LogP contribution >= 0.6 is 0 Å². The fourth-order valence-electron chi connectivity index (χ4n) is 3.63. The molecule has 0 spiro atoms. The van der Waals surface area contributed by atoms with Gasteiger partial charge in [-0.15, -0.1) is 0 Å². The average molecular weight is 359 g/mol. The predicted octanol–water partition coefficient (Wildman–Crippen LogP) is 1.81. The second-order valence-corrected chi connectivity index (χ2v) is 7.00. The molecule has 1 aliphatic heterocycles. The van der Waals surface area contributed by atoms with E-state index in [0.717, 1.165) is 57.5 Å². The summed E-state index contributed by atoms with van der Waals surface area (Å²) < 4.78 is 1.71. The molecule has 2 aromatic heterocycles. The van der Waals surface area contributed by atoms with Crippen LogP contribution in [-0.4, -0.2) is 68.2 Å². The van der Waals surface area contributed by atoms with Gasteiger partial charge in [-0.25, -0.2) is 9.50 Å². The van der Waals surface area contributed by atoms with E-state index in [1.807, 2.05) is 17.3 Å². The van der Waals surface area contributed by atoms with Gasteiger partial charge in [0.25, 0.3) is 5.91 Å². The normalized spacial score (nSPS) is 15.9. The van der Waals surface area contributed by atoms with Crippen molar-refractivity contribution in [2.45, 2.75) is 39.7 Å². The Labute approximate surface area is 154 Å². The summed E-state index contributed by atoms with van der Waals surface area (Å²) in [5.41, 5.74) is 2.28. The Bertz CT molecular complexity index is 733. The number of carbonyl (C=O) groups excluding carboxylic acids is 1. The van der Waals surface area contributed by atoms with E-state index in [-0.39, 0.29) is 12.5 Å². The van der Waals surface area contributed by atoms with E-state index >= 15 is 0 Å². The second-order valence-electron chi connectivity index (χ2n) is 7.00. The van der Waals surface area contributed by atoms with Crippen molar-refractivity contribution in [3.8, 4) is 0 Å². The summed E-state index contributed by atoms with van der Waals surface area (Å²) in [5, 5.41) is 13.4. The highest BCUT2D eigenvalue weighted by atomic mass is 16.3. The van der Waals surface area contributed by atoms with Crippen LogP contribution in [0.1, 0.15) is 49.0 Å². The summed E-state index contributed by atoms with van der Waals surface area (Å²) in [6, 6.07) is 0. The van der Waals surface area contributed by atoms with Gasteiger partial charge in [-0.1, -0.05) is 13.8 Å². The van der Waals surface area contributed by atoms with Gasteiger partial charge in [-0.3, -0.25) is 9.69 Å². The summed E-state index contributed by atoms with van der Waals surface area (Å²) in [6.07, 6.45) is 8.17. The Hall–Kier alpha value is -1.99. The number of piperidine rings is 1. The number of aromatic nitrogens is 3. The lowest BCUT2D eigenvalue weighted by molar-refractivity contribution is 0.0680. The molecule has 0 unspecified atom stereocenters. The summed E-state index contributed by atoms with van der Waals surface area (Å²) in [5.74, 6) is 0.528. The molecule has 1 amide bonds. The minimum Gasteiger partial charge on any atom is -0.396 e. The van der Waals surface area contributed by atoms with Crippen LogP contribution in [0.4, 0.5) is 0 Å². The van der Waals surface area contributed by atoms with E-state index in [9.17, 15) is 4.79 Å². The highest BCUT2D eigenvalue weighted by Gasteiger charge is 2.25. The Kier molecular flexibility index (Phi) is 6.21. The van der Waals surface area contributed by atoms with E-state index in [1.54, 1.807) is 10.7 Å². The fourth-order valence-corrected chi connectivity index (χ4v) is 3.63. The highest BCUT2D eigenvalue weighted by molar-refractivity contribution is 5.99. The zero-order valence-corrected chi connectivity index (χ0v) is 15.8. The fraction of sp³-hybridized carbons (Fsp3) is 0.632. The standard InChI is InChI=1S/C19H29N5O2/c1-3-22(4-2)13-16-11-20-18-17(12-21-24(18)14-16)19(26)23-8-5-15(6-9-23)7-10-25/h11-12,14-15,25H,3-10,13H2,1-2H3. The van der Waals surface area contributed by atoms with Crippen molar-refractivity contribution < 1.29 is 9.90 Å². The monoisotopic (exact) mass is 359 g/mol. The maximum atomic E-state index is 12.9. The first-order valence-electron chi connectivity index (χ1n) is 9.61. The molecule has 1 N–H and O–H groups in total. The number of hydrogen-bond acceptors (Lipinski definition) is 5. The Morgan fingerprint density at radius 3 is 2.65 bits per heavy atom. The number of amides is 1. The third-order valence-electron chi connectivity index (χ3n) is 5.38. The van der Waals surface area contributed by atoms with Gasteiger partial charge in [0.05, 0.1) is 6.20 Å². The third kappa shape index (κ3) is 4.04. The molecule has 3 rings (SSSR count). The van der Waals surface area contributed by atoms with Gasteiger partial charge in [-0.05, 0) is 38.3 Å². The quantitative estimate of drug-likeness (QED) is 0.816. The molecular formula is C19H29N5O2. The van der Waals surface area contributed by atoms with Gasteiger partial charge in [0.15, 0.2) is 5.65 Å². The minimum absolute atomic E-state index is 0.00596. The molecule has 2 aromatic rings. The number of carbonyl (C=O) groups is 1. The topological polar surface area (TPSA) is 74.0 Å². The summed E-state index contributed by atoms with van der Waals surface area (Å²) in [7, 11) is 0. The minimum atomic E-state index is 0.00596. The summed E-state index contributed by atoms with van der Waals surface area (Å²) in [4.78, 5) is 21.6. The van der Waals surface area contributed by atoms with Crippen LogP contribution in [0.2, 0.25) is 0 Å². The van der Waals surface area contributed by atoms with Crippen molar-refractivity contribution in [3.63, 3.8) is 0 Å². The molecule has 0 saturated carbocycles. The Morgan fingerprint density at radius 2 is 2.00 bits per heavy atom. The maximum absolute atomic E-state index is 12.9. The number of hydrogen-bond donors (Lipinski definition) is 1. The molecule has 26 heavy (non-hydrogen) atoms. The van der Waals surface area contributed by atoms with Crippen LogP contribution in [-0.2, 0) is 6.54 Å². The largest absolute Gasteiger partial charge is 0.396 e. The maximum Gasteiger partial charge on any atom is 0.259 e.